The fourth-order valence-corrected chi connectivity index (χ4v) is 11.8. The minimum atomic E-state index is -5.05. The van der Waals surface area contributed by atoms with Crippen LogP contribution in [0.25, 0.3) is 0 Å². The van der Waals surface area contributed by atoms with Crippen LogP contribution in [-0.2, 0) is 14.8 Å². The molecule has 1 aromatic carbocycles. The number of halogens is 3. The molecule has 5 rings (SSSR count). The highest BCUT2D eigenvalue weighted by molar-refractivity contribution is 7.90. The van der Waals surface area contributed by atoms with Crippen molar-refractivity contribution in [3.8, 4) is 5.75 Å². The van der Waals surface area contributed by atoms with E-state index in [9.17, 15) is 26.4 Å². The second-order valence-electron chi connectivity index (χ2n) is 14.4. The maximum atomic E-state index is 12.8. The first-order chi connectivity index (χ1) is 19.7. The van der Waals surface area contributed by atoms with Crippen LogP contribution in [0.4, 0.5) is 13.2 Å². The Morgan fingerprint density at radius 3 is 2.45 bits per heavy atom. The van der Waals surface area contributed by atoms with Crippen LogP contribution in [0, 0.1) is 52.3 Å². The molecule has 3 unspecified atom stereocenters. The number of sulfonamides is 1. The average molecular weight is 612 g/mol. The molecule has 42 heavy (non-hydrogen) atoms. The summed E-state index contributed by atoms with van der Waals surface area (Å²) in [6.45, 7) is 9.68. The van der Waals surface area contributed by atoms with Gasteiger partial charge in [-0.1, -0.05) is 59.1 Å². The molecule has 9 heteroatoms. The van der Waals surface area contributed by atoms with Crippen molar-refractivity contribution in [3.05, 3.63) is 24.3 Å². The third kappa shape index (κ3) is 5.84. The molecule has 1 amide bonds. The minimum Gasteiger partial charge on any atom is -0.404 e. The Morgan fingerprint density at radius 1 is 1.02 bits per heavy atom. The molecule has 9 atom stereocenters. The quantitative estimate of drug-likeness (QED) is 0.320. The zero-order valence-corrected chi connectivity index (χ0v) is 26.3. The van der Waals surface area contributed by atoms with Crippen LogP contribution < -0.4 is 9.46 Å². The zero-order chi connectivity index (χ0) is 30.5. The molecular weight excluding hydrogens is 563 g/mol. The molecule has 1 N–H and O–H groups in total. The third-order valence-electron chi connectivity index (χ3n) is 12.5. The van der Waals surface area contributed by atoms with Gasteiger partial charge in [0.25, 0.3) is 10.0 Å². The van der Waals surface area contributed by atoms with E-state index in [2.05, 4.69) is 32.4 Å². The summed E-state index contributed by atoms with van der Waals surface area (Å²) >= 11 is 0. The first kappa shape index (κ1) is 31.6. The topological polar surface area (TPSA) is 72.5 Å². The summed E-state index contributed by atoms with van der Waals surface area (Å²) in [5, 5.41) is 0. The van der Waals surface area contributed by atoms with Gasteiger partial charge in [-0.3, -0.25) is 4.79 Å². The Morgan fingerprint density at radius 2 is 1.74 bits per heavy atom. The molecule has 0 aromatic heterocycles. The molecule has 4 aliphatic rings. The number of hydrogen-bond donors (Lipinski definition) is 1. The predicted octanol–water partition coefficient (Wildman–Crippen LogP) is 8.49. The van der Waals surface area contributed by atoms with Gasteiger partial charge in [0.2, 0.25) is 5.91 Å². The van der Waals surface area contributed by atoms with Crippen LogP contribution in [-0.4, -0.2) is 20.7 Å². The second-order valence-corrected chi connectivity index (χ2v) is 16.1. The number of carbonyl (C=O) groups is 1. The van der Waals surface area contributed by atoms with Gasteiger partial charge < -0.3 is 4.74 Å². The van der Waals surface area contributed by atoms with E-state index in [-0.39, 0.29) is 17.8 Å². The van der Waals surface area contributed by atoms with Crippen molar-refractivity contribution in [2.24, 2.45) is 52.3 Å². The summed E-state index contributed by atoms with van der Waals surface area (Å²) < 4.78 is 69.9. The SMILES string of the molecule is CC[C@H]1CC2C3CC[C@H]([C@H](C)CCC(=O)NS(=O)(=O)c4ccccc4OC(F)(F)F)[C@@]3(C)CCC2[C@@]2(C)CCCC[C@@H]12. The van der Waals surface area contributed by atoms with Crippen LogP contribution in [0.15, 0.2) is 29.2 Å². The molecule has 0 heterocycles. The Labute approximate surface area is 249 Å². The number of nitrogens with one attached hydrogen (secondary N) is 1. The third-order valence-corrected chi connectivity index (χ3v) is 13.9. The number of alkyl halides is 3. The number of amides is 1. The number of para-hydroxylation sites is 1. The van der Waals surface area contributed by atoms with Crippen LogP contribution in [0.3, 0.4) is 0 Å². The summed E-state index contributed by atoms with van der Waals surface area (Å²) in [6.07, 6.45) is 8.57. The number of benzene rings is 1. The molecule has 0 radical (unpaired) electrons. The van der Waals surface area contributed by atoms with Crippen molar-refractivity contribution < 1.29 is 31.1 Å². The van der Waals surface area contributed by atoms with E-state index in [1.807, 2.05) is 4.72 Å². The lowest BCUT2D eigenvalue weighted by Crippen LogP contribution is -2.55. The predicted molar refractivity (Wildman–Crippen MR) is 156 cm³/mol. The van der Waals surface area contributed by atoms with E-state index < -0.39 is 32.9 Å². The van der Waals surface area contributed by atoms with E-state index in [0.29, 0.717) is 23.7 Å². The van der Waals surface area contributed by atoms with Gasteiger partial charge in [-0.2, -0.15) is 0 Å². The van der Waals surface area contributed by atoms with E-state index in [4.69, 9.17) is 0 Å². The summed E-state index contributed by atoms with van der Waals surface area (Å²) in [6, 6.07) is 4.46. The molecule has 0 bridgehead atoms. The van der Waals surface area contributed by atoms with Gasteiger partial charge in [0, 0.05) is 6.42 Å². The van der Waals surface area contributed by atoms with Crippen molar-refractivity contribution in [1.82, 2.24) is 4.72 Å². The lowest BCUT2D eigenvalue weighted by atomic mass is 9.42. The molecule has 4 fully saturated rings. The molecule has 1 aromatic rings. The smallest absolute Gasteiger partial charge is 0.404 e. The van der Waals surface area contributed by atoms with Crippen molar-refractivity contribution in [2.45, 2.75) is 116 Å². The van der Waals surface area contributed by atoms with E-state index in [0.717, 1.165) is 42.2 Å². The highest BCUT2D eigenvalue weighted by atomic mass is 32.2. The summed E-state index contributed by atoms with van der Waals surface area (Å²) in [4.78, 5) is 12.1. The van der Waals surface area contributed by atoms with Crippen molar-refractivity contribution in [3.63, 3.8) is 0 Å². The second kappa shape index (κ2) is 11.6. The number of ether oxygens (including phenoxy) is 1. The number of hydrogen-bond acceptors (Lipinski definition) is 4. The van der Waals surface area contributed by atoms with E-state index in [1.54, 1.807) is 0 Å². The Balaban J connectivity index is 1.23. The molecule has 0 saturated heterocycles. The van der Waals surface area contributed by atoms with E-state index in [1.165, 1.54) is 69.9 Å². The Hall–Kier alpha value is -1.77. The number of rotatable bonds is 8. The highest BCUT2D eigenvalue weighted by Crippen LogP contribution is 2.69. The molecule has 5 nitrogen and oxygen atoms in total. The minimum absolute atomic E-state index is 0.00362. The first-order valence-electron chi connectivity index (χ1n) is 16.1. The zero-order valence-electron chi connectivity index (χ0n) is 25.5. The van der Waals surface area contributed by atoms with Crippen molar-refractivity contribution >= 4 is 15.9 Å². The van der Waals surface area contributed by atoms with Gasteiger partial charge in [-0.25, -0.2) is 13.1 Å². The first-order valence-corrected chi connectivity index (χ1v) is 17.6. The van der Waals surface area contributed by atoms with Crippen LogP contribution >= 0.6 is 0 Å². The van der Waals surface area contributed by atoms with Crippen molar-refractivity contribution in [2.75, 3.05) is 0 Å². The lowest BCUT2D eigenvalue weighted by Gasteiger charge is -2.63. The maximum absolute atomic E-state index is 12.8. The van der Waals surface area contributed by atoms with E-state index >= 15 is 0 Å². The van der Waals surface area contributed by atoms with Gasteiger partial charge >= 0.3 is 6.36 Å². The largest absolute Gasteiger partial charge is 0.573 e. The normalized spacial score (nSPS) is 37.2. The summed E-state index contributed by atoms with van der Waals surface area (Å²) in [5.74, 6) is 3.15. The van der Waals surface area contributed by atoms with Gasteiger partial charge in [-0.15, -0.1) is 13.2 Å². The standard InChI is InChI=1S/C33H48F3NO4S/c1-5-22-20-23-26-15-14-24(32(26,4)19-17-27(23)31(3)18-9-8-10-25(22)31)21(2)13-16-30(38)37-42(39,40)29-12-7-6-11-28(29)41-33(34,35)36/h6-7,11-12,21-27H,5,8-10,13-20H2,1-4H3,(H,37,38)/t21-,22+,23?,24-,25+,26?,27?,31+,32-/m1/s1. The number of carbonyl (C=O) groups excluding carboxylic acids is 1. The lowest BCUT2D eigenvalue weighted by molar-refractivity contribution is -0.275. The monoisotopic (exact) mass is 611 g/mol. The van der Waals surface area contributed by atoms with Crippen molar-refractivity contribution in [1.29, 1.82) is 0 Å². The molecule has 0 spiro atoms. The maximum Gasteiger partial charge on any atom is 0.573 e. The molecular formula is C33H48F3NO4S. The van der Waals surface area contributed by atoms with Crippen LogP contribution in [0.1, 0.15) is 105 Å². The van der Waals surface area contributed by atoms with Crippen LogP contribution in [0.5, 0.6) is 5.75 Å². The highest BCUT2D eigenvalue weighted by Gasteiger charge is 2.61. The Bertz CT molecular complexity index is 1250. The molecule has 4 aliphatic carbocycles. The Kier molecular flexibility index (Phi) is 8.76. The molecule has 0 aliphatic heterocycles. The van der Waals surface area contributed by atoms with Gasteiger partial charge in [0.05, 0.1) is 0 Å². The fraction of sp³-hybridized carbons (Fsp3) is 0.788. The van der Waals surface area contributed by atoms with Gasteiger partial charge in [0.1, 0.15) is 10.6 Å². The summed E-state index contributed by atoms with van der Waals surface area (Å²) in [7, 11) is -4.52. The van der Waals surface area contributed by atoms with Gasteiger partial charge in [0.15, 0.2) is 0 Å². The van der Waals surface area contributed by atoms with Crippen LogP contribution in [0.2, 0.25) is 0 Å². The fourth-order valence-electron chi connectivity index (χ4n) is 10.7. The molecule has 236 valence electrons. The average Bonchev–Trinajstić information content (AvgIpc) is 3.27. The molecule has 4 saturated carbocycles. The summed E-state index contributed by atoms with van der Waals surface area (Å²) in [5.41, 5.74) is 0.702. The number of fused-ring (bicyclic) bond motifs is 5. The van der Waals surface area contributed by atoms with Gasteiger partial charge in [-0.05, 0) is 116 Å².